The van der Waals surface area contributed by atoms with Gasteiger partial charge in [-0.05, 0) is 76.2 Å². The molecule has 58 heavy (non-hydrogen) atoms. The number of nitrogens with zero attached hydrogens (tertiary/aromatic N) is 2. The van der Waals surface area contributed by atoms with Crippen molar-refractivity contribution < 1.29 is 47.8 Å². The summed E-state index contributed by atoms with van der Waals surface area (Å²) in [5.74, 6) is -5.00. The Balaban J connectivity index is 2.16. The van der Waals surface area contributed by atoms with Crippen LogP contribution >= 0.6 is 0 Å². The number of nitrogens with one attached hydrogen (secondary N) is 3. The Kier molecular flexibility index (Phi) is 17.1. The van der Waals surface area contributed by atoms with Crippen LogP contribution in [0.15, 0.2) is 30.3 Å². The first-order chi connectivity index (χ1) is 27.0. The highest BCUT2D eigenvalue weighted by Gasteiger charge is 2.44. The van der Waals surface area contributed by atoms with Crippen molar-refractivity contribution in [2.24, 2.45) is 23.7 Å². The van der Waals surface area contributed by atoms with Gasteiger partial charge in [-0.2, -0.15) is 0 Å². The van der Waals surface area contributed by atoms with Gasteiger partial charge in [0.05, 0.1) is 6.42 Å². The van der Waals surface area contributed by atoms with Gasteiger partial charge in [-0.25, -0.2) is 9.59 Å². The van der Waals surface area contributed by atoms with Gasteiger partial charge in [-0.1, -0.05) is 78.8 Å². The number of fused-ring (bicyclic) bond motifs is 1. The van der Waals surface area contributed by atoms with Crippen LogP contribution in [0.25, 0.3) is 0 Å². The zero-order valence-corrected chi connectivity index (χ0v) is 36.5. The highest BCUT2D eigenvalue weighted by atomic mass is 16.6. The number of cyclic esters (lactones) is 2. The van der Waals surface area contributed by atoms with Gasteiger partial charge < -0.3 is 40.0 Å². The van der Waals surface area contributed by atoms with Crippen molar-refractivity contribution in [3.63, 3.8) is 0 Å². The molecule has 8 atom stereocenters. The molecule has 15 heteroatoms. The van der Waals surface area contributed by atoms with Gasteiger partial charge in [0.1, 0.15) is 35.9 Å². The first-order valence-corrected chi connectivity index (χ1v) is 20.6. The van der Waals surface area contributed by atoms with E-state index in [1.807, 2.05) is 45.9 Å². The molecule has 0 bridgehead atoms. The van der Waals surface area contributed by atoms with Crippen LogP contribution in [0.2, 0.25) is 0 Å². The summed E-state index contributed by atoms with van der Waals surface area (Å²) in [6.45, 7) is 19.5. The number of likely N-dealkylation sites (N-methyl/N-ethyl adjacent to an activating group) is 1. The molecular weight excluding hydrogens is 746 g/mol. The van der Waals surface area contributed by atoms with Crippen molar-refractivity contribution in [2.45, 2.75) is 156 Å². The Morgan fingerprint density at radius 1 is 0.897 bits per heavy atom. The van der Waals surface area contributed by atoms with E-state index in [4.69, 9.17) is 14.2 Å². The molecule has 0 spiro atoms. The van der Waals surface area contributed by atoms with Crippen molar-refractivity contribution in [1.29, 1.82) is 0 Å². The van der Waals surface area contributed by atoms with Crippen LogP contribution in [0.1, 0.15) is 107 Å². The summed E-state index contributed by atoms with van der Waals surface area (Å²) in [5, 5.41) is 8.36. The third-order valence-corrected chi connectivity index (χ3v) is 10.5. The number of hydrogen-bond donors (Lipinski definition) is 3. The third kappa shape index (κ3) is 13.4. The lowest BCUT2D eigenvalue weighted by Gasteiger charge is -2.35. The number of amides is 5. The summed E-state index contributed by atoms with van der Waals surface area (Å²) in [5.41, 5.74) is -0.187. The van der Waals surface area contributed by atoms with Gasteiger partial charge >= 0.3 is 18.0 Å². The topological polar surface area (TPSA) is 190 Å². The van der Waals surface area contributed by atoms with Crippen LogP contribution in [0.5, 0.6) is 0 Å². The number of hydrogen-bond acceptors (Lipinski definition) is 10. The minimum Gasteiger partial charge on any atom is -0.458 e. The Labute approximate surface area is 344 Å². The Morgan fingerprint density at radius 2 is 1.53 bits per heavy atom. The van der Waals surface area contributed by atoms with E-state index in [1.54, 1.807) is 53.7 Å². The fourth-order valence-corrected chi connectivity index (χ4v) is 7.49. The van der Waals surface area contributed by atoms with Crippen molar-refractivity contribution >= 4 is 41.7 Å². The number of alkyl carbamates (subject to hydrolysis) is 1. The Bertz CT molecular complexity index is 1610. The summed E-state index contributed by atoms with van der Waals surface area (Å²) in [7, 11) is 1.48. The standard InChI is InChI=1S/C43H67N5O10/c1-24(2)21-30-39(52)48-20-16-19-31(48)40(53)47(12)32(23-29-17-14-13-15-18-29)41(54)56-28(8)35(46-42(55)58-43(9,10)11)37(50)45-34(25(3)4)27(7)22-33(49)57-36(26(5)6)38(51)44-30/h13-15,17-18,24-28,30-32,34-36H,16,19-23H2,1-12H3,(H,44,51)(H,45,50)(H,46,55)/t27-,28+,30-,31-,32-,34+,35-,36-/m0/s1. The average Bonchev–Trinajstić information content (AvgIpc) is 3.61. The fourth-order valence-electron chi connectivity index (χ4n) is 7.49. The van der Waals surface area contributed by atoms with Gasteiger partial charge in [0.25, 0.3) is 5.91 Å². The second-order valence-electron chi connectivity index (χ2n) is 17.9. The molecule has 0 saturated carbocycles. The molecule has 5 amide bonds. The maximum Gasteiger partial charge on any atom is 0.408 e. The molecule has 2 aliphatic rings. The zero-order chi connectivity index (χ0) is 43.6. The van der Waals surface area contributed by atoms with Gasteiger partial charge in [-0.15, -0.1) is 0 Å². The largest absolute Gasteiger partial charge is 0.458 e. The summed E-state index contributed by atoms with van der Waals surface area (Å²) >= 11 is 0. The molecule has 2 saturated heterocycles. The number of benzene rings is 1. The van der Waals surface area contributed by atoms with E-state index in [0.29, 0.717) is 12.8 Å². The molecule has 0 aromatic heterocycles. The van der Waals surface area contributed by atoms with E-state index in [2.05, 4.69) is 16.0 Å². The fraction of sp³-hybridized carbons (Fsp3) is 0.698. The maximum atomic E-state index is 14.5. The van der Waals surface area contributed by atoms with E-state index in [9.17, 15) is 33.6 Å². The first kappa shape index (κ1) is 47.7. The molecule has 0 aliphatic carbocycles. The quantitative estimate of drug-likeness (QED) is 0.267. The molecule has 324 valence electrons. The Morgan fingerprint density at radius 3 is 2.10 bits per heavy atom. The van der Waals surface area contributed by atoms with E-state index < -0.39 is 102 Å². The Hall–Kier alpha value is -4.69. The second-order valence-corrected chi connectivity index (χ2v) is 17.9. The van der Waals surface area contributed by atoms with Gasteiger partial charge in [0.2, 0.25) is 17.7 Å². The third-order valence-electron chi connectivity index (χ3n) is 10.5. The van der Waals surface area contributed by atoms with Crippen LogP contribution in [0, 0.1) is 23.7 Å². The van der Waals surface area contributed by atoms with E-state index >= 15 is 0 Å². The minimum absolute atomic E-state index is 0.0205. The predicted molar refractivity (Wildman–Crippen MR) is 217 cm³/mol. The van der Waals surface area contributed by atoms with Crippen molar-refractivity contribution in [2.75, 3.05) is 13.6 Å². The average molecular weight is 814 g/mol. The van der Waals surface area contributed by atoms with E-state index in [1.165, 1.54) is 23.8 Å². The van der Waals surface area contributed by atoms with Gasteiger partial charge in [0.15, 0.2) is 6.10 Å². The number of esters is 2. The number of ether oxygens (including phenoxy) is 3. The summed E-state index contributed by atoms with van der Waals surface area (Å²) in [6.07, 6.45) is -2.44. The monoisotopic (exact) mass is 813 g/mol. The lowest BCUT2D eigenvalue weighted by molar-refractivity contribution is -0.161. The van der Waals surface area contributed by atoms with Crippen molar-refractivity contribution in [3.05, 3.63) is 35.9 Å². The van der Waals surface area contributed by atoms with Crippen molar-refractivity contribution in [1.82, 2.24) is 25.8 Å². The molecule has 0 radical (unpaired) electrons. The molecule has 15 nitrogen and oxygen atoms in total. The molecule has 0 unspecified atom stereocenters. The number of carbonyl (C=O) groups excluding carboxylic acids is 7. The van der Waals surface area contributed by atoms with Gasteiger partial charge in [0, 0.05) is 26.1 Å². The molecular formula is C43H67N5O10. The highest BCUT2D eigenvalue weighted by molar-refractivity contribution is 5.95. The van der Waals surface area contributed by atoms with Crippen LogP contribution in [-0.2, 0) is 49.4 Å². The first-order valence-electron chi connectivity index (χ1n) is 20.6. The van der Waals surface area contributed by atoms with Gasteiger partial charge in [-0.3, -0.25) is 24.0 Å². The smallest absolute Gasteiger partial charge is 0.408 e. The lowest BCUT2D eigenvalue weighted by atomic mass is 9.89. The molecule has 2 fully saturated rings. The molecule has 3 N–H and O–H groups in total. The summed E-state index contributed by atoms with van der Waals surface area (Å²) in [6, 6.07) is 3.81. The van der Waals surface area contributed by atoms with Crippen LogP contribution in [-0.4, -0.2) is 113 Å². The zero-order valence-electron chi connectivity index (χ0n) is 36.5. The van der Waals surface area contributed by atoms with Crippen LogP contribution < -0.4 is 16.0 Å². The van der Waals surface area contributed by atoms with E-state index in [-0.39, 0.29) is 37.6 Å². The summed E-state index contributed by atoms with van der Waals surface area (Å²) in [4.78, 5) is 101. The SMILES string of the molecule is CC(C)C[C@@H]1NC(=O)[C@H](C(C)C)OC(=O)C[C@H](C)[C@@H](C(C)C)NC(=O)[C@@H](NC(=O)OC(C)(C)C)[C@@H](C)OC(=O)[C@H](Cc2ccccc2)N(C)C(=O)[C@@H]2CCCN2C1=O. The molecule has 1 aromatic carbocycles. The second kappa shape index (κ2) is 20.8. The van der Waals surface area contributed by atoms with E-state index in [0.717, 1.165) is 5.56 Å². The molecule has 2 heterocycles. The maximum absolute atomic E-state index is 14.5. The highest BCUT2D eigenvalue weighted by Crippen LogP contribution is 2.25. The lowest BCUT2D eigenvalue weighted by Crippen LogP contribution is -2.59. The predicted octanol–water partition coefficient (Wildman–Crippen LogP) is 4.15. The number of rotatable bonds is 7. The molecule has 2 aliphatic heterocycles. The summed E-state index contributed by atoms with van der Waals surface area (Å²) < 4.78 is 17.2. The van der Waals surface area contributed by atoms with Crippen molar-refractivity contribution in [3.8, 4) is 0 Å². The molecule has 3 rings (SSSR count). The number of carbonyl (C=O) groups is 7. The van der Waals surface area contributed by atoms with Crippen LogP contribution in [0.3, 0.4) is 0 Å². The molecule has 1 aromatic rings. The minimum atomic E-state index is -1.46. The van der Waals surface area contributed by atoms with Crippen LogP contribution in [0.4, 0.5) is 4.79 Å². The normalized spacial score (nSPS) is 27.7.